The number of rotatable bonds is 5. The Morgan fingerprint density at radius 3 is 2.83 bits per heavy atom. The van der Waals surface area contributed by atoms with Crippen LogP contribution in [0.25, 0.3) is 0 Å². The van der Waals surface area contributed by atoms with E-state index in [0.29, 0.717) is 5.13 Å². The molecule has 2 aromatic heterocycles. The standard InChI is InChI=1S/C15H19N5O2S/c21-13(22)11-20-9-5-6-12(20)10-16-14-17-18-15(23-14)19-7-3-1-2-4-8-19/h5-6,9-10H,1-4,7-8,11H2,(H,21,22)/b16-10-. The quantitative estimate of drug-likeness (QED) is 0.850. The van der Waals surface area contributed by atoms with Crippen LogP contribution in [0.4, 0.5) is 10.3 Å². The van der Waals surface area contributed by atoms with E-state index in [0.717, 1.165) is 23.9 Å². The van der Waals surface area contributed by atoms with Crippen LogP contribution in [-0.2, 0) is 11.3 Å². The summed E-state index contributed by atoms with van der Waals surface area (Å²) in [5.74, 6) is -0.879. The number of nitrogens with zero attached hydrogens (tertiary/aromatic N) is 5. The maximum atomic E-state index is 10.8. The third-order valence-corrected chi connectivity index (χ3v) is 4.65. The highest BCUT2D eigenvalue weighted by Gasteiger charge is 2.14. The molecule has 0 atom stereocenters. The number of carbonyl (C=O) groups is 1. The van der Waals surface area contributed by atoms with Crippen molar-refractivity contribution in [3.05, 3.63) is 24.0 Å². The Labute approximate surface area is 138 Å². The molecule has 8 heteroatoms. The summed E-state index contributed by atoms with van der Waals surface area (Å²) in [5.41, 5.74) is 0.735. The van der Waals surface area contributed by atoms with Crippen molar-refractivity contribution in [1.29, 1.82) is 0 Å². The molecule has 23 heavy (non-hydrogen) atoms. The maximum Gasteiger partial charge on any atom is 0.323 e. The van der Waals surface area contributed by atoms with Gasteiger partial charge in [-0.25, -0.2) is 4.99 Å². The van der Waals surface area contributed by atoms with Gasteiger partial charge in [0, 0.05) is 19.3 Å². The van der Waals surface area contributed by atoms with Crippen molar-refractivity contribution < 1.29 is 9.90 Å². The van der Waals surface area contributed by atoms with Crippen LogP contribution >= 0.6 is 11.3 Å². The molecule has 0 aliphatic carbocycles. The number of carboxylic acids is 1. The van der Waals surface area contributed by atoms with Crippen LogP contribution in [0.15, 0.2) is 23.3 Å². The van der Waals surface area contributed by atoms with Gasteiger partial charge in [0.2, 0.25) is 10.3 Å². The van der Waals surface area contributed by atoms with Crippen molar-refractivity contribution in [2.75, 3.05) is 18.0 Å². The van der Waals surface area contributed by atoms with Crippen LogP contribution in [0.1, 0.15) is 31.4 Å². The second kappa shape index (κ2) is 7.36. The highest BCUT2D eigenvalue weighted by molar-refractivity contribution is 7.18. The van der Waals surface area contributed by atoms with E-state index in [-0.39, 0.29) is 6.54 Å². The predicted octanol–water partition coefficient (Wildman–Crippen LogP) is 2.56. The Balaban J connectivity index is 1.69. The number of aliphatic imine (C=N–C) groups is 1. The first kappa shape index (κ1) is 15.7. The average molecular weight is 333 g/mol. The molecule has 0 saturated carbocycles. The van der Waals surface area contributed by atoms with E-state index >= 15 is 0 Å². The Bertz CT molecular complexity index is 686. The van der Waals surface area contributed by atoms with Crippen LogP contribution < -0.4 is 4.90 Å². The lowest BCUT2D eigenvalue weighted by molar-refractivity contribution is -0.137. The fraction of sp³-hybridized carbons (Fsp3) is 0.467. The van der Waals surface area contributed by atoms with Gasteiger partial charge < -0.3 is 14.6 Å². The van der Waals surface area contributed by atoms with E-state index in [1.807, 2.05) is 6.07 Å². The molecule has 0 aromatic carbocycles. The third-order valence-electron chi connectivity index (χ3n) is 3.76. The minimum atomic E-state index is -0.879. The van der Waals surface area contributed by atoms with Gasteiger partial charge in [0.05, 0.1) is 11.9 Å². The Kier molecular flexibility index (Phi) is 5.02. The van der Waals surface area contributed by atoms with Gasteiger partial charge in [-0.3, -0.25) is 4.79 Å². The molecule has 2 aromatic rings. The molecule has 1 saturated heterocycles. The van der Waals surface area contributed by atoms with E-state index < -0.39 is 5.97 Å². The molecule has 7 nitrogen and oxygen atoms in total. The fourth-order valence-electron chi connectivity index (χ4n) is 2.61. The molecule has 1 N–H and O–H groups in total. The summed E-state index contributed by atoms with van der Waals surface area (Å²) >= 11 is 1.47. The lowest BCUT2D eigenvalue weighted by Gasteiger charge is -2.17. The first-order chi connectivity index (χ1) is 11.2. The normalized spacial score (nSPS) is 15.9. The van der Waals surface area contributed by atoms with Gasteiger partial charge in [-0.05, 0) is 25.0 Å². The van der Waals surface area contributed by atoms with Crippen LogP contribution in [0.2, 0.25) is 0 Å². The average Bonchev–Trinajstić information content (AvgIpc) is 3.07. The molecule has 1 aliphatic rings. The predicted molar refractivity (Wildman–Crippen MR) is 89.9 cm³/mol. The van der Waals surface area contributed by atoms with Gasteiger partial charge in [0.25, 0.3) is 0 Å². The number of hydrogen-bond acceptors (Lipinski definition) is 6. The maximum absolute atomic E-state index is 10.8. The molecule has 3 heterocycles. The third kappa shape index (κ3) is 4.16. The zero-order valence-corrected chi connectivity index (χ0v) is 13.6. The lowest BCUT2D eigenvalue weighted by atomic mass is 10.2. The lowest BCUT2D eigenvalue weighted by Crippen LogP contribution is -2.23. The van der Waals surface area contributed by atoms with Gasteiger partial charge in [-0.1, -0.05) is 24.2 Å². The summed E-state index contributed by atoms with van der Waals surface area (Å²) in [5, 5.41) is 18.7. The zero-order valence-electron chi connectivity index (χ0n) is 12.8. The van der Waals surface area contributed by atoms with Crippen molar-refractivity contribution >= 4 is 33.8 Å². The molecule has 1 aliphatic heterocycles. The summed E-state index contributed by atoms with van der Waals surface area (Å²) in [7, 11) is 0. The van der Waals surface area contributed by atoms with E-state index in [1.165, 1.54) is 37.0 Å². The topological polar surface area (TPSA) is 83.6 Å². The van der Waals surface area contributed by atoms with E-state index in [1.54, 1.807) is 23.0 Å². The number of aliphatic carboxylic acids is 1. The molecule has 1 fully saturated rings. The Morgan fingerprint density at radius 1 is 1.30 bits per heavy atom. The summed E-state index contributed by atoms with van der Waals surface area (Å²) in [4.78, 5) is 17.4. The van der Waals surface area contributed by atoms with Gasteiger partial charge in [-0.15, -0.1) is 10.2 Å². The minimum absolute atomic E-state index is 0.0799. The van der Waals surface area contributed by atoms with Crippen LogP contribution in [0.3, 0.4) is 0 Å². The summed E-state index contributed by atoms with van der Waals surface area (Å²) < 4.78 is 1.63. The monoisotopic (exact) mass is 333 g/mol. The molecule has 0 radical (unpaired) electrons. The minimum Gasteiger partial charge on any atom is -0.480 e. The van der Waals surface area contributed by atoms with Crippen molar-refractivity contribution in [1.82, 2.24) is 14.8 Å². The van der Waals surface area contributed by atoms with Crippen LogP contribution in [0, 0.1) is 0 Å². The highest BCUT2D eigenvalue weighted by atomic mass is 32.1. The largest absolute Gasteiger partial charge is 0.480 e. The first-order valence-electron chi connectivity index (χ1n) is 7.72. The van der Waals surface area contributed by atoms with Gasteiger partial charge >= 0.3 is 5.97 Å². The Morgan fingerprint density at radius 2 is 2.09 bits per heavy atom. The summed E-state index contributed by atoms with van der Waals surface area (Å²) in [6.45, 7) is 1.98. The van der Waals surface area contributed by atoms with Crippen LogP contribution in [-0.4, -0.2) is 45.1 Å². The smallest absolute Gasteiger partial charge is 0.323 e. The van der Waals surface area contributed by atoms with Crippen LogP contribution in [0.5, 0.6) is 0 Å². The summed E-state index contributed by atoms with van der Waals surface area (Å²) in [6.07, 6.45) is 8.30. The van der Waals surface area contributed by atoms with Crippen molar-refractivity contribution in [3.63, 3.8) is 0 Å². The second-order valence-electron chi connectivity index (χ2n) is 5.48. The Hall–Kier alpha value is -2.22. The molecular formula is C15H19N5O2S. The van der Waals surface area contributed by atoms with E-state index in [9.17, 15) is 4.79 Å². The molecule has 0 bridgehead atoms. The number of hydrogen-bond donors (Lipinski definition) is 1. The highest BCUT2D eigenvalue weighted by Crippen LogP contribution is 2.27. The van der Waals surface area contributed by atoms with Gasteiger partial charge in [0.1, 0.15) is 6.54 Å². The molecule has 3 rings (SSSR count). The molecule has 0 spiro atoms. The second-order valence-corrected chi connectivity index (χ2v) is 6.42. The number of carboxylic acid groups (broad SMARTS) is 1. The number of aromatic nitrogens is 3. The van der Waals surface area contributed by atoms with Crippen molar-refractivity contribution in [2.45, 2.75) is 32.2 Å². The fourth-order valence-corrected chi connectivity index (χ4v) is 3.35. The van der Waals surface area contributed by atoms with Gasteiger partial charge in [0.15, 0.2) is 0 Å². The van der Waals surface area contributed by atoms with E-state index in [2.05, 4.69) is 20.1 Å². The van der Waals surface area contributed by atoms with Gasteiger partial charge in [-0.2, -0.15) is 0 Å². The van der Waals surface area contributed by atoms with E-state index in [4.69, 9.17) is 5.11 Å². The molecular weight excluding hydrogens is 314 g/mol. The van der Waals surface area contributed by atoms with Crippen molar-refractivity contribution in [3.8, 4) is 0 Å². The molecule has 122 valence electrons. The number of anilines is 1. The zero-order chi connectivity index (χ0) is 16.1. The summed E-state index contributed by atoms with van der Waals surface area (Å²) in [6, 6.07) is 3.62. The molecule has 0 unspecified atom stereocenters. The first-order valence-corrected chi connectivity index (χ1v) is 8.53. The van der Waals surface area contributed by atoms with Crippen molar-refractivity contribution in [2.24, 2.45) is 4.99 Å². The SMILES string of the molecule is O=C(O)Cn1cccc1/C=N\c1nnc(N2CCCCCC2)s1. The molecule has 0 amide bonds.